The lowest BCUT2D eigenvalue weighted by molar-refractivity contribution is 0.0325. The Morgan fingerprint density at radius 2 is 1.54 bits per heavy atom. The van der Waals surface area contributed by atoms with Crippen LogP contribution in [0.2, 0.25) is 0 Å². The fourth-order valence-electron chi connectivity index (χ4n) is 3.24. The smallest absolute Gasteiger partial charge is 0.143 e. The van der Waals surface area contributed by atoms with Gasteiger partial charge in [0.05, 0.1) is 6.20 Å². The molecule has 0 bridgehead atoms. The minimum absolute atomic E-state index is 0.565. The van der Waals surface area contributed by atoms with Crippen LogP contribution in [-0.2, 0) is 5.60 Å². The summed E-state index contributed by atoms with van der Waals surface area (Å²) in [5, 5.41) is 20.2. The Hall–Kier alpha value is -3.38. The molecule has 0 radical (unpaired) electrons. The molecule has 26 heavy (non-hydrogen) atoms. The monoisotopic (exact) mass is 343 g/mol. The molecule has 6 heteroatoms. The third-order valence-electron chi connectivity index (χ3n) is 4.42. The highest BCUT2D eigenvalue weighted by molar-refractivity contribution is 5.40. The molecule has 128 valence electrons. The Bertz CT molecular complexity index is 904. The van der Waals surface area contributed by atoms with E-state index in [0.29, 0.717) is 5.56 Å². The highest BCUT2D eigenvalue weighted by Gasteiger charge is 2.43. The molecule has 3 heterocycles. The van der Waals surface area contributed by atoms with Crippen molar-refractivity contribution in [3.8, 4) is 0 Å². The van der Waals surface area contributed by atoms with Gasteiger partial charge in [0.1, 0.15) is 11.6 Å². The van der Waals surface area contributed by atoms with Gasteiger partial charge in [-0.3, -0.25) is 9.97 Å². The average molecular weight is 343 g/mol. The summed E-state index contributed by atoms with van der Waals surface area (Å²) in [5.41, 5.74) is 0.799. The number of benzene rings is 1. The molecule has 0 saturated heterocycles. The molecule has 0 fully saturated rings. The normalized spacial score (nSPS) is 14.5. The SMILES string of the molecule is O[C@](c1ccccc1)(c1cccnc1)[C@H](c1cccnc1)n1ccnn1. The summed E-state index contributed by atoms with van der Waals surface area (Å²) < 4.78 is 1.65. The van der Waals surface area contributed by atoms with Gasteiger partial charge in [-0.05, 0) is 23.3 Å². The summed E-state index contributed by atoms with van der Waals surface area (Å²) in [7, 11) is 0. The summed E-state index contributed by atoms with van der Waals surface area (Å²) in [6.07, 6.45) is 10.1. The summed E-state index contributed by atoms with van der Waals surface area (Å²) in [5.74, 6) is 0. The Kier molecular flexibility index (Phi) is 4.25. The molecule has 0 amide bonds. The van der Waals surface area contributed by atoms with Crippen LogP contribution >= 0.6 is 0 Å². The molecule has 6 nitrogen and oxygen atoms in total. The van der Waals surface area contributed by atoms with Gasteiger partial charge in [0, 0.05) is 36.5 Å². The molecule has 4 rings (SSSR count). The van der Waals surface area contributed by atoms with Crippen molar-refractivity contribution in [2.45, 2.75) is 11.6 Å². The van der Waals surface area contributed by atoms with Crippen LogP contribution in [0.25, 0.3) is 0 Å². The zero-order valence-electron chi connectivity index (χ0n) is 13.9. The average Bonchev–Trinajstić information content (AvgIpc) is 3.24. The molecule has 0 spiro atoms. The molecule has 3 aromatic heterocycles. The van der Waals surface area contributed by atoms with Gasteiger partial charge in [0.2, 0.25) is 0 Å². The van der Waals surface area contributed by atoms with Crippen molar-refractivity contribution < 1.29 is 5.11 Å². The first-order chi connectivity index (χ1) is 12.8. The first kappa shape index (κ1) is 16.1. The standard InChI is InChI=1S/C20H17N5O/c26-20(17-7-2-1-3-8-17,18-9-5-11-22-15-18)19(25-13-12-23-24-25)16-6-4-10-21-14-16/h1-15,19,26H/t19-,20+/m0/s1. The molecule has 4 aromatic rings. The van der Waals surface area contributed by atoms with Crippen molar-refractivity contribution >= 4 is 0 Å². The Balaban J connectivity index is 2.00. The number of rotatable bonds is 5. The van der Waals surface area contributed by atoms with Gasteiger partial charge in [-0.15, -0.1) is 5.10 Å². The molecular formula is C20H17N5O. The minimum Gasteiger partial charge on any atom is -0.378 e. The summed E-state index contributed by atoms with van der Waals surface area (Å²) in [4.78, 5) is 8.44. The van der Waals surface area contributed by atoms with E-state index in [4.69, 9.17) is 0 Å². The molecule has 0 aliphatic heterocycles. The maximum Gasteiger partial charge on any atom is 0.143 e. The maximum atomic E-state index is 12.1. The van der Waals surface area contributed by atoms with Gasteiger partial charge < -0.3 is 5.11 Å². The van der Waals surface area contributed by atoms with E-state index in [2.05, 4.69) is 20.3 Å². The van der Waals surface area contributed by atoms with Crippen LogP contribution in [-0.4, -0.2) is 30.1 Å². The Labute approximate surface area is 150 Å². The second-order valence-electron chi connectivity index (χ2n) is 5.95. The van der Waals surface area contributed by atoms with Crippen molar-refractivity contribution in [1.29, 1.82) is 0 Å². The topological polar surface area (TPSA) is 76.7 Å². The van der Waals surface area contributed by atoms with Gasteiger partial charge in [-0.25, -0.2) is 4.68 Å². The predicted molar refractivity (Wildman–Crippen MR) is 96.1 cm³/mol. The van der Waals surface area contributed by atoms with Gasteiger partial charge in [-0.1, -0.05) is 47.7 Å². The molecule has 0 unspecified atom stereocenters. The van der Waals surface area contributed by atoms with Gasteiger partial charge in [-0.2, -0.15) is 0 Å². The number of pyridine rings is 2. The zero-order chi connectivity index (χ0) is 17.8. The quantitative estimate of drug-likeness (QED) is 0.603. The minimum atomic E-state index is -1.41. The van der Waals surface area contributed by atoms with E-state index in [0.717, 1.165) is 11.1 Å². The number of aromatic nitrogens is 5. The summed E-state index contributed by atoms with van der Waals surface area (Å²) >= 11 is 0. The van der Waals surface area contributed by atoms with E-state index in [-0.39, 0.29) is 0 Å². The Morgan fingerprint density at radius 1 is 0.808 bits per heavy atom. The lowest BCUT2D eigenvalue weighted by atomic mass is 9.78. The molecule has 0 saturated carbocycles. The van der Waals surface area contributed by atoms with Crippen LogP contribution in [0.15, 0.2) is 91.8 Å². The zero-order valence-corrected chi connectivity index (χ0v) is 13.9. The molecule has 1 aromatic carbocycles. The first-order valence-electron chi connectivity index (χ1n) is 8.24. The van der Waals surface area contributed by atoms with Crippen molar-refractivity contribution in [1.82, 2.24) is 25.0 Å². The second-order valence-corrected chi connectivity index (χ2v) is 5.95. The van der Waals surface area contributed by atoms with E-state index in [1.54, 1.807) is 41.9 Å². The van der Waals surface area contributed by atoms with E-state index in [1.165, 1.54) is 0 Å². The van der Waals surface area contributed by atoms with Crippen molar-refractivity contribution in [2.24, 2.45) is 0 Å². The van der Waals surface area contributed by atoms with E-state index in [9.17, 15) is 5.11 Å². The number of hydrogen-bond acceptors (Lipinski definition) is 5. The van der Waals surface area contributed by atoms with Crippen LogP contribution in [0.1, 0.15) is 22.7 Å². The molecule has 0 aliphatic carbocycles. The fourth-order valence-corrected chi connectivity index (χ4v) is 3.24. The third kappa shape index (κ3) is 2.76. The lowest BCUT2D eigenvalue weighted by Crippen LogP contribution is -2.39. The molecule has 1 N–H and O–H groups in total. The van der Waals surface area contributed by atoms with Crippen molar-refractivity contribution in [2.75, 3.05) is 0 Å². The van der Waals surface area contributed by atoms with Crippen LogP contribution < -0.4 is 0 Å². The third-order valence-corrected chi connectivity index (χ3v) is 4.42. The van der Waals surface area contributed by atoms with Gasteiger partial charge in [0.25, 0.3) is 0 Å². The highest BCUT2D eigenvalue weighted by atomic mass is 16.3. The fraction of sp³-hybridized carbons (Fsp3) is 0.100. The maximum absolute atomic E-state index is 12.1. The highest BCUT2D eigenvalue weighted by Crippen LogP contribution is 2.42. The van der Waals surface area contributed by atoms with E-state index < -0.39 is 11.6 Å². The van der Waals surface area contributed by atoms with Crippen molar-refractivity contribution in [3.05, 3.63) is 108 Å². The Morgan fingerprint density at radius 3 is 2.15 bits per heavy atom. The van der Waals surface area contributed by atoms with Crippen LogP contribution in [0.5, 0.6) is 0 Å². The molecule has 2 atom stereocenters. The largest absolute Gasteiger partial charge is 0.378 e. The molecular weight excluding hydrogens is 326 g/mol. The second kappa shape index (κ2) is 6.85. The number of hydrogen-bond donors (Lipinski definition) is 1. The van der Waals surface area contributed by atoms with Gasteiger partial charge >= 0.3 is 0 Å². The lowest BCUT2D eigenvalue weighted by Gasteiger charge is -2.37. The summed E-state index contributed by atoms with van der Waals surface area (Å²) in [6, 6.07) is 16.4. The number of nitrogens with zero attached hydrogens (tertiary/aromatic N) is 5. The molecule has 0 aliphatic rings. The van der Waals surface area contributed by atoms with Crippen LogP contribution in [0, 0.1) is 0 Å². The summed E-state index contributed by atoms with van der Waals surface area (Å²) in [6.45, 7) is 0. The van der Waals surface area contributed by atoms with Crippen molar-refractivity contribution in [3.63, 3.8) is 0 Å². The van der Waals surface area contributed by atoms with E-state index in [1.807, 2.05) is 54.6 Å². The van der Waals surface area contributed by atoms with Crippen LogP contribution in [0.3, 0.4) is 0 Å². The number of aliphatic hydroxyl groups is 1. The van der Waals surface area contributed by atoms with Gasteiger partial charge in [0.15, 0.2) is 0 Å². The predicted octanol–water partition coefficient (Wildman–Crippen LogP) is 2.59. The van der Waals surface area contributed by atoms with Crippen LogP contribution in [0.4, 0.5) is 0 Å². The first-order valence-corrected chi connectivity index (χ1v) is 8.24. The van der Waals surface area contributed by atoms with E-state index >= 15 is 0 Å².